The molecular formula is C8H16N2O2. The van der Waals surface area contributed by atoms with E-state index in [0.29, 0.717) is 19.6 Å². The van der Waals surface area contributed by atoms with Gasteiger partial charge in [-0.25, -0.2) is 0 Å². The van der Waals surface area contributed by atoms with Crippen LogP contribution in [0.15, 0.2) is 0 Å². The predicted octanol–water partition coefficient (Wildman–Crippen LogP) is -0.826. The molecule has 1 aliphatic heterocycles. The van der Waals surface area contributed by atoms with Gasteiger partial charge in [-0.2, -0.15) is 0 Å². The number of aliphatic hydroxyl groups is 1. The van der Waals surface area contributed by atoms with Crippen LogP contribution in [-0.2, 0) is 4.79 Å². The molecule has 70 valence electrons. The highest BCUT2D eigenvalue weighted by Gasteiger charge is 2.30. The summed E-state index contributed by atoms with van der Waals surface area (Å²) in [7, 11) is 0. The average molecular weight is 172 g/mol. The maximum atomic E-state index is 11.4. The van der Waals surface area contributed by atoms with Gasteiger partial charge in [-0.3, -0.25) is 4.79 Å². The Hall–Kier alpha value is -0.610. The lowest BCUT2D eigenvalue weighted by Crippen LogP contribution is -2.55. The minimum absolute atomic E-state index is 0.00231. The van der Waals surface area contributed by atoms with Crippen molar-refractivity contribution in [3.05, 3.63) is 0 Å². The van der Waals surface area contributed by atoms with Gasteiger partial charge >= 0.3 is 0 Å². The Balaban J connectivity index is 2.28. The molecule has 1 aliphatic rings. The van der Waals surface area contributed by atoms with E-state index in [2.05, 4.69) is 0 Å². The molecule has 4 nitrogen and oxygen atoms in total. The Morgan fingerprint density at radius 3 is 2.75 bits per heavy atom. The molecule has 0 aromatic carbocycles. The maximum absolute atomic E-state index is 11.4. The number of hydrogen-bond donors (Lipinski definition) is 2. The Morgan fingerprint density at radius 2 is 2.33 bits per heavy atom. The Bertz CT molecular complexity index is 160. The van der Waals surface area contributed by atoms with Gasteiger partial charge in [0.15, 0.2) is 0 Å². The van der Waals surface area contributed by atoms with Crippen LogP contribution >= 0.6 is 0 Å². The van der Waals surface area contributed by atoms with Crippen molar-refractivity contribution in [2.75, 3.05) is 19.6 Å². The zero-order chi connectivity index (χ0) is 9.14. The molecular weight excluding hydrogens is 156 g/mol. The number of hydrogen-bond acceptors (Lipinski definition) is 3. The number of nitrogens with two attached hydrogens (primary N) is 1. The highest BCUT2D eigenvalue weighted by Crippen LogP contribution is 2.13. The topological polar surface area (TPSA) is 66.6 Å². The third kappa shape index (κ3) is 1.95. The van der Waals surface area contributed by atoms with E-state index < -0.39 is 0 Å². The molecule has 0 aliphatic carbocycles. The van der Waals surface area contributed by atoms with E-state index in [4.69, 9.17) is 10.8 Å². The van der Waals surface area contributed by atoms with Crippen molar-refractivity contribution in [1.82, 2.24) is 4.90 Å². The lowest BCUT2D eigenvalue weighted by Gasteiger charge is -2.37. The van der Waals surface area contributed by atoms with E-state index in [-0.39, 0.29) is 17.9 Å². The minimum atomic E-state index is -0.306. The Morgan fingerprint density at radius 1 is 1.75 bits per heavy atom. The number of likely N-dealkylation sites (tertiary alicyclic amines) is 1. The molecule has 1 rings (SSSR count). The number of nitrogens with zero attached hydrogens (tertiary/aromatic N) is 1. The number of β-amino-alcohol motifs (C(OH)–C–C–N with tert-alkyl or cyclic N) is 1. The molecule has 1 saturated heterocycles. The fourth-order valence-corrected chi connectivity index (χ4v) is 1.32. The monoisotopic (exact) mass is 172 g/mol. The van der Waals surface area contributed by atoms with Crippen molar-refractivity contribution in [2.45, 2.75) is 19.4 Å². The summed E-state index contributed by atoms with van der Waals surface area (Å²) in [4.78, 5) is 13.1. The lowest BCUT2D eigenvalue weighted by molar-refractivity contribution is -0.145. The van der Waals surface area contributed by atoms with Gasteiger partial charge < -0.3 is 15.7 Å². The summed E-state index contributed by atoms with van der Waals surface area (Å²) in [5.74, 6) is 0.119. The first kappa shape index (κ1) is 9.48. The average Bonchev–Trinajstić information content (AvgIpc) is 1.98. The van der Waals surface area contributed by atoms with E-state index >= 15 is 0 Å². The molecule has 0 radical (unpaired) electrons. The Kier molecular flexibility index (Phi) is 3.05. The van der Waals surface area contributed by atoms with Crippen molar-refractivity contribution in [3.63, 3.8) is 0 Å². The summed E-state index contributed by atoms with van der Waals surface area (Å²) >= 11 is 0. The molecule has 0 bridgehead atoms. The largest absolute Gasteiger partial charge is 0.389 e. The zero-order valence-corrected chi connectivity index (χ0v) is 7.36. The highest BCUT2D eigenvalue weighted by atomic mass is 16.3. The number of carbonyl (C=O) groups excluding carboxylic acids is 1. The summed E-state index contributed by atoms with van der Waals surface area (Å²) in [6, 6.07) is 0. The number of aliphatic hydroxyl groups excluding tert-OH is 1. The normalized spacial score (nSPS) is 20.4. The van der Waals surface area contributed by atoms with Crippen molar-refractivity contribution in [1.29, 1.82) is 0 Å². The van der Waals surface area contributed by atoms with Gasteiger partial charge in [-0.05, 0) is 13.0 Å². The molecule has 1 atom stereocenters. The first-order chi connectivity index (χ1) is 5.65. The second-order valence-electron chi connectivity index (χ2n) is 3.38. The van der Waals surface area contributed by atoms with Crippen LogP contribution in [0.5, 0.6) is 0 Å². The number of amides is 1. The van der Waals surface area contributed by atoms with E-state index in [0.717, 1.165) is 6.42 Å². The lowest BCUT2D eigenvalue weighted by atomic mass is 10.0. The van der Waals surface area contributed by atoms with Crippen LogP contribution in [-0.4, -0.2) is 41.7 Å². The third-order valence-corrected chi connectivity index (χ3v) is 2.20. The Labute approximate surface area is 72.3 Å². The van der Waals surface area contributed by atoms with E-state index in [1.54, 1.807) is 4.90 Å². The van der Waals surface area contributed by atoms with E-state index in [1.165, 1.54) is 0 Å². The van der Waals surface area contributed by atoms with Crippen molar-refractivity contribution in [2.24, 2.45) is 11.7 Å². The molecule has 0 saturated carbocycles. The zero-order valence-electron chi connectivity index (χ0n) is 7.36. The molecule has 1 heterocycles. The third-order valence-electron chi connectivity index (χ3n) is 2.20. The van der Waals surface area contributed by atoms with Crippen LogP contribution in [0, 0.1) is 5.92 Å². The van der Waals surface area contributed by atoms with Gasteiger partial charge in [0.1, 0.15) is 0 Å². The standard InChI is InChI=1S/C8H16N2O2/c1-6(2-3-9)8(12)10-4-7(11)5-10/h6-7,11H,2-5,9H2,1H3. The van der Waals surface area contributed by atoms with Gasteiger partial charge in [-0.1, -0.05) is 6.92 Å². The predicted molar refractivity (Wildman–Crippen MR) is 45.4 cm³/mol. The van der Waals surface area contributed by atoms with Crippen LogP contribution < -0.4 is 5.73 Å². The summed E-state index contributed by atoms with van der Waals surface area (Å²) in [6.45, 7) is 3.41. The van der Waals surface area contributed by atoms with Crippen molar-refractivity contribution in [3.8, 4) is 0 Å². The summed E-state index contributed by atoms with van der Waals surface area (Å²) < 4.78 is 0. The fourth-order valence-electron chi connectivity index (χ4n) is 1.32. The number of carbonyl (C=O) groups is 1. The summed E-state index contributed by atoms with van der Waals surface area (Å²) in [6.07, 6.45) is 0.421. The van der Waals surface area contributed by atoms with Crippen LogP contribution in [0.2, 0.25) is 0 Å². The van der Waals surface area contributed by atoms with Gasteiger partial charge in [0.2, 0.25) is 5.91 Å². The summed E-state index contributed by atoms with van der Waals surface area (Å²) in [5, 5.41) is 8.96. The number of rotatable bonds is 3. The summed E-state index contributed by atoms with van der Waals surface area (Å²) in [5.41, 5.74) is 5.33. The first-order valence-electron chi connectivity index (χ1n) is 4.32. The fraction of sp³-hybridized carbons (Fsp3) is 0.875. The molecule has 4 heteroatoms. The molecule has 0 aromatic rings. The second-order valence-corrected chi connectivity index (χ2v) is 3.38. The SMILES string of the molecule is CC(CCN)C(=O)N1CC(O)C1. The van der Waals surface area contributed by atoms with Gasteiger partial charge in [-0.15, -0.1) is 0 Å². The molecule has 12 heavy (non-hydrogen) atoms. The van der Waals surface area contributed by atoms with Crippen LogP contribution in [0.25, 0.3) is 0 Å². The molecule has 3 N–H and O–H groups in total. The van der Waals surface area contributed by atoms with Crippen molar-refractivity contribution < 1.29 is 9.90 Å². The first-order valence-corrected chi connectivity index (χ1v) is 4.32. The van der Waals surface area contributed by atoms with E-state index in [9.17, 15) is 4.79 Å². The van der Waals surface area contributed by atoms with Gasteiger partial charge in [0.25, 0.3) is 0 Å². The molecule has 1 fully saturated rings. The van der Waals surface area contributed by atoms with Crippen LogP contribution in [0.4, 0.5) is 0 Å². The molecule has 1 amide bonds. The molecule has 1 unspecified atom stereocenters. The van der Waals surface area contributed by atoms with Gasteiger partial charge in [0.05, 0.1) is 6.10 Å². The minimum Gasteiger partial charge on any atom is -0.389 e. The van der Waals surface area contributed by atoms with Crippen LogP contribution in [0.1, 0.15) is 13.3 Å². The molecule has 0 aromatic heterocycles. The van der Waals surface area contributed by atoms with Crippen molar-refractivity contribution >= 4 is 5.91 Å². The van der Waals surface area contributed by atoms with Crippen LogP contribution in [0.3, 0.4) is 0 Å². The van der Waals surface area contributed by atoms with Gasteiger partial charge in [0, 0.05) is 19.0 Å². The smallest absolute Gasteiger partial charge is 0.225 e. The second kappa shape index (κ2) is 3.87. The highest BCUT2D eigenvalue weighted by molar-refractivity contribution is 5.79. The quantitative estimate of drug-likeness (QED) is 0.584. The van der Waals surface area contributed by atoms with E-state index in [1.807, 2.05) is 6.92 Å². The molecule has 0 spiro atoms. The maximum Gasteiger partial charge on any atom is 0.225 e.